The van der Waals surface area contributed by atoms with E-state index in [-0.39, 0.29) is 0 Å². The molecule has 0 amide bonds. The Labute approximate surface area is 157 Å². The van der Waals surface area contributed by atoms with E-state index >= 15 is 0 Å². The Hall–Kier alpha value is -1.47. The maximum atomic E-state index is 10.3. The van der Waals surface area contributed by atoms with Crippen LogP contribution in [-0.2, 0) is 11.2 Å². The molecule has 2 aromatic carbocycles. The quantitative estimate of drug-likeness (QED) is 0.651. The molecule has 1 heterocycles. The highest BCUT2D eigenvalue weighted by atomic mass is 35.5. The molecular weight excluding hydrogens is 356 g/mol. The maximum Gasteiger partial charge on any atom is 0.113 e. The van der Waals surface area contributed by atoms with Crippen LogP contribution in [0.2, 0.25) is 5.02 Å². The predicted octanol–water partition coefficient (Wildman–Crippen LogP) is 1.75. The van der Waals surface area contributed by atoms with Crippen molar-refractivity contribution in [1.82, 2.24) is 0 Å². The van der Waals surface area contributed by atoms with Crippen LogP contribution in [0.5, 0.6) is 0 Å². The van der Waals surface area contributed by atoms with Crippen molar-refractivity contribution in [3.05, 3.63) is 69.7 Å². The average Bonchev–Trinajstić information content (AvgIpc) is 2.64. The summed E-state index contributed by atoms with van der Waals surface area (Å²) in [5.74, 6) is 0. The molecule has 0 bridgehead atoms. The summed E-state index contributed by atoms with van der Waals surface area (Å²) in [6.45, 7) is 1.57. The molecule has 6 heteroatoms. The molecule has 2 aromatic rings. The van der Waals surface area contributed by atoms with Gasteiger partial charge < -0.3 is 25.2 Å². The van der Waals surface area contributed by atoms with E-state index in [4.69, 9.17) is 16.3 Å². The molecule has 4 N–H and O–H groups in total. The standard InChI is InChI=1S/C20H23ClO5/c1-11-2-4-12(5-3-11)8-14-9-13(6-7-15(14)21)20-19(25)18(24)17(23)16(10-22)26-20/h2-7,9,16-20,22-25H,8,10H2,1H3. The third kappa shape index (κ3) is 3.93. The lowest BCUT2D eigenvalue weighted by atomic mass is 9.90. The Morgan fingerprint density at radius 2 is 1.65 bits per heavy atom. The highest BCUT2D eigenvalue weighted by Crippen LogP contribution is 2.34. The van der Waals surface area contributed by atoms with Crippen molar-refractivity contribution in [1.29, 1.82) is 0 Å². The first-order valence-electron chi connectivity index (χ1n) is 8.55. The van der Waals surface area contributed by atoms with Crippen molar-refractivity contribution in [2.45, 2.75) is 43.9 Å². The summed E-state index contributed by atoms with van der Waals surface area (Å²) in [6, 6.07) is 13.4. The van der Waals surface area contributed by atoms with E-state index in [9.17, 15) is 20.4 Å². The molecule has 0 aromatic heterocycles. The van der Waals surface area contributed by atoms with Crippen LogP contribution in [-0.4, -0.2) is 51.4 Å². The SMILES string of the molecule is Cc1ccc(Cc2cc(C3OC(CO)C(O)C(O)C3O)ccc2Cl)cc1. The van der Waals surface area contributed by atoms with E-state index in [1.165, 1.54) is 5.56 Å². The highest BCUT2D eigenvalue weighted by Gasteiger charge is 2.43. The van der Waals surface area contributed by atoms with Gasteiger partial charge in [0.2, 0.25) is 0 Å². The summed E-state index contributed by atoms with van der Waals surface area (Å²) in [6.07, 6.45) is -5.26. The molecule has 1 fully saturated rings. The second kappa shape index (κ2) is 8.05. The summed E-state index contributed by atoms with van der Waals surface area (Å²) in [7, 11) is 0. The number of rotatable bonds is 4. The topological polar surface area (TPSA) is 90.2 Å². The molecule has 1 aliphatic rings. The minimum absolute atomic E-state index is 0.453. The van der Waals surface area contributed by atoms with Gasteiger partial charge in [-0.3, -0.25) is 0 Å². The van der Waals surface area contributed by atoms with E-state index < -0.39 is 37.1 Å². The van der Waals surface area contributed by atoms with Gasteiger partial charge in [-0.15, -0.1) is 0 Å². The van der Waals surface area contributed by atoms with E-state index in [0.29, 0.717) is 17.0 Å². The van der Waals surface area contributed by atoms with Gasteiger partial charge in [-0.05, 0) is 36.1 Å². The molecule has 0 saturated carbocycles. The Balaban J connectivity index is 1.87. The zero-order valence-corrected chi connectivity index (χ0v) is 15.2. The van der Waals surface area contributed by atoms with Crippen LogP contribution < -0.4 is 0 Å². The number of aryl methyl sites for hydroxylation is 1. The van der Waals surface area contributed by atoms with Crippen molar-refractivity contribution >= 4 is 11.6 Å². The summed E-state index contributed by atoms with van der Waals surface area (Å²) in [4.78, 5) is 0. The molecule has 1 aliphatic heterocycles. The first-order valence-corrected chi connectivity index (χ1v) is 8.93. The lowest BCUT2D eigenvalue weighted by molar-refractivity contribution is -0.231. The van der Waals surface area contributed by atoms with Crippen LogP contribution in [0.4, 0.5) is 0 Å². The van der Waals surface area contributed by atoms with E-state index in [1.54, 1.807) is 12.1 Å². The van der Waals surface area contributed by atoms with Crippen LogP contribution >= 0.6 is 11.6 Å². The van der Waals surface area contributed by atoms with Gasteiger partial charge in [0, 0.05) is 5.02 Å². The number of hydrogen-bond donors (Lipinski definition) is 4. The van der Waals surface area contributed by atoms with Gasteiger partial charge in [0.05, 0.1) is 6.61 Å². The van der Waals surface area contributed by atoms with Crippen molar-refractivity contribution < 1.29 is 25.2 Å². The minimum Gasteiger partial charge on any atom is -0.394 e. The van der Waals surface area contributed by atoms with E-state index in [0.717, 1.165) is 11.1 Å². The van der Waals surface area contributed by atoms with Gasteiger partial charge in [-0.1, -0.05) is 53.6 Å². The molecule has 5 atom stereocenters. The van der Waals surface area contributed by atoms with Crippen LogP contribution in [0.15, 0.2) is 42.5 Å². The number of halogens is 1. The van der Waals surface area contributed by atoms with Gasteiger partial charge in [0.25, 0.3) is 0 Å². The van der Waals surface area contributed by atoms with Crippen molar-refractivity contribution in [3.63, 3.8) is 0 Å². The number of benzene rings is 2. The van der Waals surface area contributed by atoms with Gasteiger partial charge in [0.15, 0.2) is 0 Å². The summed E-state index contributed by atoms with van der Waals surface area (Å²) in [5.41, 5.74) is 3.77. The van der Waals surface area contributed by atoms with Crippen LogP contribution in [0.25, 0.3) is 0 Å². The zero-order valence-electron chi connectivity index (χ0n) is 14.4. The number of aliphatic hydroxyl groups excluding tert-OH is 4. The van der Waals surface area contributed by atoms with Gasteiger partial charge >= 0.3 is 0 Å². The van der Waals surface area contributed by atoms with Gasteiger partial charge in [0.1, 0.15) is 30.5 Å². The molecule has 3 rings (SSSR count). The minimum atomic E-state index is -1.40. The van der Waals surface area contributed by atoms with E-state index in [1.807, 2.05) is 37.3 Å². The lowest BCUT2D eigenvalue weighted by Crippen LogP contribution is -2.55. The molecule has 140 valence electrons. The smallest absolute Gasteiger partial charge is 0.113 e. The molecule has 5 unspecified atom stereocenters. The zero-order chi connectivity index (χ0) is 18.8. The molecule has 0 aliphatic carbocycles. The molecule has 0 spiro atoms. The summed E-state index contributed by atoms with van der Waals surface area (Å²) in [5, 5.41) is 40.2. The number of ether oxygens (including phenoxy) is 1. The molecule has 1 saturated heterocycles. The normalized spacial score (nSPS) is 28.9. The van der Waals surface area contributed by atoms with Crippen molar-refractivity contribution in [2.75, 3.05) is 6.61 Å². The summed E-state index contributed by atoms with van der Waals surface area (Å²) >= 11 is 6.33. The second-order valence-corrected chi connectivity index (χ2v) is 7.17. The Morgan fingerprint density at radius 3 is 2.31 bits per heavy atom. The number of aliphatic hydroxyl groups is 4. The first-order chi connectivity index (χ1) is 12.4. The van der Waals surface area contributed by atoms with Gasteiger partial charge in [-0.25, -0.2) is 0 Å². The third-order valence-corrected chi connectivity index (χ3v) is 5.17. The fraction of sp³-hybridized carbons (Fsp3) is 0.400. The first kappa shape index (κ1) is 19.3. The van der Waals surface area contributed by atoms with Crippen LogP contribution in [0, 0.1) is 6.92 Å². The fourth-order valence-electron chi connectivity index (χ4n) is 3.21. The van der Waals surface area contributed by atoms with Crippen molar-refractivity contribution in [2.24, 2.45) is 0 Å². The van der Waals surface area contributed by atoms with Crippen molar-refractivity contribution in [3.8, 4) is 0 Å². The Bertz CT molecular complexity index is 746. The molecule has 5 nitrogen and oxygen atoms in total. The second-order valence-electron chi connectivity index (χ2n) is 6.76. The summed E-state index contributed by atoms with van der Waals surface area (Å²) < 4.78 is 5.62. The fourth-order valence-corrected chi connectivity index (χ4v) is 3.39. The molecule has 0 radical (unpaired) electrons. The van der Waals surface area contributed by atoms with E-state index in [2.05, 4.69) is 0 Å². The largest absolute Gasteiger partial charge is 0.394 e. The number of hydrogen-bond acceptors (Lipinski definition) is 5. The van der Waals surface area contributed by atoms with Crippen LogP contribution in [0.1, 0.15) is 28.4 Å². The maximum absolute atomic E-state index is 10.3. The average molecular weight is 379 g/mol. The van der Waals surface area contributed by atoms with Crippen LogP contribution in [0.3, 0.4) is 0 Å². The lowest BCUT2D eigenvalue weighted by Gasteiger charge is -2.40. The van der Waals surface area contributed by atoms with Gasteiger partial charge in [-0.2, -0.15) is 0 Å². The Kier molecular flexibility index (Phi) is 5.97. The third-order valence-electron chi connectivity index (χ3n) is 4.81. The predicted molar refractivity (Wildman–Crippen MR) is 98.2 cm³/mol. The highest BCUT2D eigenvalue weighted by molar-refractivity contribution is 6.31. The Morgan fingerprint density at radius 1 is 0.962 bits per heavy atom. The monoisotopic (exact) mass is 378 g/mol. The molecular formula is C20H23ClO5. The molecule has 26 heavy (non-hydrogen) atoms.